The van der Waals surface area contributed by atoms with E-state index in [-0.39, 0.29) is 31.2 Å². The van der Waals surface area contributed by atoms with Gasteiger partial charge in [0.25, 0.3) is 0 Å². The number of β-amino-alcohol motifs (C(OH)–C–C–N with tert-alkyl or cyclic N) is 1. The van der Waals surface area contributed by atoms with E-state index in [1.54, 1.807) is 39.5 Å². The van der Waals surface area contributed by atoms with Gasteiger partial charge in [-0.3, -0.25) is 28.9 Å². The number of alkyl carbamates (subject to hydrolysis) is 1. The second kappa shape index (κ2) is 25.7. The summed E-state index contributed by atoms with van der Waals surface area (Å²) in [5.41, 5.74) is 8.12. The Morgan fingerprint density at radius 2 is 1.32 bits per heavy atom. The van der Waals surface area contributed by atoms with E-state index in [4.69, 9.17) is 15.2 Å². The number of rotatable bonds is 23. The van der Waals surface area contributed by atoms with Crippen molar-refractivity contribution >= 4 is 41.6 Å². The third-order valence-corrected chi connectivity index (χ3v) is 11.9. The molecule has 0 radical (unpaired) electrons. The first-order chi connectivity index (χ1) is 32.2. The molecule has 0 saturated carbocycles. The summed E-state index contributed by atoms with van der Waals surface area (Å²) in [5, 5.41) is 25.7. The van der Waals surface area contributed by atoms with Crippen molar-refractivity contribution in [2.75, 3.05) is 20.2 Å². The standard InChI is InChI=1S/C51H71N7O10/c1-9-32(4)44(48(64)56-43(31(2)3)49(65)67-8)57-47(63)40-21-16-26-58(40)30-41(59)37(27-33-17-12-10-13-18-33)53-46(62)39(29-42(52)60)54-45(61)38(55-50(66)68-51(5,6)7)28-34-22-24-36(25-23-34)35-19-14-11-15-20-35/h10-15,17-20,22-25,31-32,37-41,43-44,59H,9,16,21,26-30H2,1-8H3,(H2,52,60)(H,53,62)(H,54,61)(H,55,66)(H,56,64)(H,57,63). The molecule has 6 amide bonds. The number of esters is 1. The Morgan fingerprint density at radius 3 is 1.90 bits per heavy atom. The van der Waals surface area contributed by atoms with Crippen molar-refractivity contribution in [3.8, 4) is 11.1 Å². The number of nitrogens with one attached hydrogen (secondary N) is 5. The molecule has 8 atom stereocenters. The van der Waals surface area contributed by atoms with Gasteiger partial charge in [0.1, 0.15) is 29.8 Å². The van der Waals surface area contributed by atoms with Gasteiger partial charge in [0.05, 0.1) is 31.7 Å². The molecule has 1 aliphatic rings. The van der Waals surface area contributed by atoms with Crippen molar-refractivity contribution in [1.82, 2.24) is 31.5 Å². The fourth-order valence-electron chi connectivity index (χ4n) is 8.00. The number of primary amides is 1. The average Bonchev–Trinajstić information content (AvgIpc) is 3.76. The van der Waals surface area contributed by atoms with Crippen LogP contribution >= 0.6 is 0 Å². The van der Waals surface area contributed by atoms with Crippen LogP contribution in [0.2, 0.25) is 0 Å². The van der Waals surface area contributed by atoms with Gasteiger partial charge in [0.15, 0.2) is 0 Å². The summed E-state index contributed by atoms with van der Waals surface area (Å²) in [6.45, 7) is 12.7. The van der Waals surface area contributed by atoms with Gasteiger partial charge in [-0.2, -0.15) is 0 Å². The molecule has 4 rings (SSSR count). The molecular weight excluding hydrogens is 871 g/mol. The largest absolute Gasteiger partial charge is 0.467 e. The molecule has 0 aliphatic carbocycles. The summed E-state index contributed by atoms with van der Waals surface area (Å²) in [4.78, 5) is 95.8. The smallest absolute Gasteiger partial charge is 0.408 e. The van der Waals surface area contributed by atoms with Crippen molar-refractivity contribution < 1.29 is 48.1 Å². The number of amides is 6. The van der Waals surface area contributed by atoms with Crippen LogP contribution in [-0.2, 0) is 51.1 Å². The average molecular weight is 942 g/mol. The van der Waals surface area contributed by atoms with Crippen molar-refractivity contribution in [2.45, 2.75) is 135 Å². The molecule has 17 nitrogen and oxygen atoms in total. The molecule has 0 spiro atoms. The predicted octanol–water partition coefficient (Wildman–Crippen LogP) is 3.55. The Morgan fingerprint density at radius 1 is 0.735 bits per heavy atom. The van der Waals surface area contributed by atoms with Gasteiger partial charge in [0, 0.05) is 13.0 Å². The number of hydrogen-bond acceptors (Lipinski definition) is 11. The van der Waals surface area contributed by atoms with Crippen LogP contribution in [0.15, 0.2) is 84.9 Å². The number of ether oxygens (including phenoxy) is 2. The first kappa shape index (κ1) is 54.3. The molecule has 1 fully saturated rings. The Balaban J connectivity index is 1.54. The van der Waals surface area contributed by atoms with E-state index in [1.807, 2.05) is 98.8 Å². The lowest BCUT2D eigenvalue weighted by atomic mass is 9.96. The number of carbonyl (C=O) groups excluding carboxylic acids is 7. The molecule has 0 bridgehead atoms. The molecule has 0 aromatic heterocycles. The van der Waals surface area contributed by atoms with Crippen molar-refractivity contribution in [1.29, 1.82) is 0 Å². The van der Waals surface area contributed by atoms with Gasteiger partial charge in [-0.15, -0.1) is 0 Å². The highest BCUT2D eigenvalue weighted by molar-refractivity contribution is 5.94. The first-order valence-corrected chi connectivity index (χ1v) is 23.4. The zero-order valence-electron chi connectivity index (χ0n) is 40.6. The lowest BCUT2D eigenvalue weighted by molar-refractivity contribution is -0.147. The van der Waals surface area contributed by atoms with E-state index in [0.29, 0.717) is 31.4 Å². The zero-order chi connectivity index (χ0) is 50.1. The van der Waals surface area contributed by atoms with Crippen molar-refractivity contribution in [3.63, 3.8) is 0 Å². The number of hydrogen-bond donors (Lipinski definition) is 7. The minimum atomic E-state index is -1.52. The molecule has 3 aromatic carbocycles. The number of nitrogens with zero attached hydrogens (tertiary/aromatic N) is 1. The first-order valence-electron chi connectivity index (χ1n) is 23.4. The van der Waals surface area contributed by atoms with E-state index in [1.165, 1.54) is 7.11 Å². The summed E-state index contributed by atoms with van der Waals surface area (Å²) in [5.74, 6) is -4.60. The van der Waals surface area contributed by atoms with E-state index >= 15 is 0 Å². The number of benzene rings is 3. The number of methoxy groups -OCH3 is 1. The maximum absolute atomic E-state index is 14.2. The van der Waals surface area contributed by atoms with Crippen LogP contribution in [0.25, 0.3) is 11.1 Å². The number of likely N-dealkylation sites (tertiary alicyclic amines) is 1. The molecular formula is C51H71N7O10. The van der Waals surface area contributed by atoms with Crippen LogP contribution in [0.5, 0.6) is 0 Å². The molecule has 68 heavy (non-hydrogen) atoms. The van der Waals surface area contributed by atoms with E-state index in [2.05, 4.69) is 26.6 Å². The quantitative estimate of drug-likeness (QED) is 0.0678. The third kappa shape index (κ3) is 16.8. The predicted molar refractivity (Wildman–Crippen MR) is 257 cm³/mol. The van der Waals surface area contributed by atoms with Crippen LogP contribution in [0.4, 0.5) is 4.79 Å². The fraction of sp³-hybridized carbons (Fsp3) is 0.510. The Hall–Kier alpha value is -6.33. The summed E-state index contributed by atoms with van der Waals surface area (Å²) >= 11 is 0. The van der Waals surface area contributed by atoms with Crippen LogP contribution in [0, 0.1) is 11.8 Å². The minimum Gasteiger partial charge on any atom is -0.467 e. The highest BCUT2D eigenvalue weighted by Crippen LogP contribution is 2.22. The highest BCUT2D eigenvalue weighted by Gasteiger charge is 2.39. The van der Waals surface area contributed by atoms with Crippen molar-refractivity contribution in [2.24, 2.45) is 17.6 Å². The zero-order valence-corrected chi connectivity index (χ0v) is 40.6. The second-order valence-electron chi connectivity index (χ2n) is 18.8. The SMILES string of the molecule is CCC(C)C(NC(=O)C1CCCN1CC(O)C(Cc1ccccc1)NC(=O)C(CC(N)=O)NC(=O)C(Cc1ccc(-c2ccccc2)cc1)NC(=O)OC(C)(C)C)C(=O)NC(C(=O)OC)C(C)C. The third-order valence-electron chi connectivity index (χ3n) is 11.9. The van der Waals surface area contributed by atoms with E-state index < -0.39 is 96.0 Å². The van der Waals surface area contributed by atoms with Crippen LogP contribution in [0.1, 0.15) is 85.3 Å². The second-order valence-corrected chi connectivity index (χ2v) is 18.8. The van der Waals surface area contributed by atoms with Gasteiger partial charge in [-0.25, -0.2) is 9.59 Å². The number of aliphatic hydroxyl groups is 1. The van der Waals surface area contributed by atoms with E-state index in [0.717, 1.165) is 16.7 Å². The molecule has 8 N–H and O–H groups in total. The lowest BCUT2D eigenvalue weighted by Crippen LogP contribution is -2.59. The summed E-state index contributed by atoms with van der Waals surface area (Å²) in [7, 11) is 1.24. The van der Waals surface area contributed by atoms with E-state index in [9.17, 15) is 38.7 Å². The van der Waals surface area contributed by atoms with Crippen LogP contribution < -0.4 is 32.3 Å². The van der Waals surface area contributed by atoms with Crippen LogP contribution in [-0.4, -0.2) is 120 Å². The van der Waals surface area contributed by atoms with Gasteiger partial charge in [0.2, 0.25) is 29.5 Å². The molecule has 1 aliphatic heterocycles. The van der Waals surface area contributed by atoms with Crippen molar-refractivity contribution in [3.05, 3.63) is 96.1 Å². The summed E-state index contributed by atoms with van der Waals surface area (Å²) in [6, 6.07) is 19.9. The monoisotopic (exact) mass is 942 g/mol. The molecule has 1 heterocycles. The molecule has 17 heteroatoms. The van der Waals surface area contributed by atoms with Gasteiger partial charge in [-0.1, -0.05) is 119 Å². The molecule has 370 valence electrons. The maximum atomic E-state index is 14.2. The minimum absolute atomic E-state index is 0.000285. The number of carbonyl (C=O) groups is 7. The molecule has 8 unspecified atom stereocenters. The lowest BCUT2D eigenvalue weighted by Gasteiger charge is -2.33. The normalized spacial score (nSPS) is 17.0. The van der Waals surface area contributed by atoms with Crippen LogP contribution in [0.3, 0.4) is 0 Å². The molecule has 1 saturated heterocycles. The van der Waals surface area contributed by atoms with Gasteiger partial charge in [-0.05, 0) is 80.7 Å². The summed E-state index contributed by atoms with van der Waals surface area (Å²) < 4.78 is 10.4. The highest BCUT2D eigenvalue weighted by atomic mass is 16.6. The Bertz CT molecular complexity index is 2150. The Labute approximate surface area is 400 Å². The molecule has 3 aromatic rings. The number of nitrogens with two attached hydrogens (primary N) is 1. The van der Waals surface area contributed by atoms with Gasteiger partial charge < -0.3 is 46.9 Å². The maximum Gasteiger partial charge on any atom is 0.408 e. The van der Waals surface area contributed by atoms with Gasteiger partial charge >= 0.3 is 12.1 Å². The summed E-state index contributed by atoms with van der Waals surface area (Å²) in [6.07, 6.45) is -1.02. The topological polar surface area (TPSA) is 248 Å². The fourth-order valence-corrected chi connectivity index (χ4v) is 8.00. The number of aliphatic hydroxyl groups excluding tert-OH is 1. The Kier molecular flexibility index (Phi) is 20.5.